The van der Waals surface area contributed by atoms with E-state index in [1.165, 1.54) is 22.0 Å². The van der Waals surface area contributed by atoms with E-state index < -0.39 is 0 Å². The third-order valence-electron chi connectivity index (χ3n) is 4.75. The van der Waals surface area contributed by atoms with Crippen LogP contribution in [0.15, 0.2) is 24.4 Å². The summed E-state index contributed by atoms with van der Waals surface area (Å²) in [6.45, 7) is 8.73. The summed E-state index contributed by atoms with van der Waals surface area (Å²) in [4.78, 5) is 6.97. The van der Waals surface area contributed by atoms with Gasteiger partial charge >= 0.3 is 0 Å². The maximum atomic E-state index is 7.07. The Bertz CT molecular complexity index is 664. The van der Waals surface area contributed by atoms with Crippen molar-refractivity contribution in [2.24, 2.45) is 5.92 Å². The normalized spacial score (nSPS) is 28.9. The molecule has 96 valence electrons. The fraction of sp³-hybridized carbons (Fsp3) is 0.438. The van der Waals surface area contributed by atoms with Gasteiger partial charge in [0.1, 0.15) is 0 Å². The van der Waals surface area contributed by atoms with Crippen molar-refractivity contribution in [1.29, 1.82) is 0 Å². The van der Waals surface area contributed by atoms with E-state index in [0.29, 0.717) is 24.4 Å². The minimum Gasteiger partial charge on any atom is -0.361 e. The second kappa shape index (κ2) is 4.11. The molecular formula is C16H17N3. The predicted octanol–water partition coefficient (Wildman–Crippen LogP) is 2.70. The van der Waals surface area contributed by atoms with E-state index in [0.717, 1.165) is 19.4 Å². The van der Waals surface area contributed by atoms with Gasteiger partial charge in [-0.3, -0.25) is 0 Å². The second-order valence-electron chi connectivity index (χ2n) is 5.85. The molecule has 1 aliphatic carbocycles. The zero-order chi connectivity index (χ0) is 12.8. The third kappa shape index (κ3) is 1.60. The summed E-state index contributed by atoms with van der Waals surface area (Å²) in [5.41, 5.74) is 4.19. The first kappa shape index (κ1) is 11.1. The molecule has 2 unspecified atom stereocenters. The molecule has 1 saturated heterocycles. The van der Waals surface area contributed by atoms with Gasteiger partial charge < -0.3 is 15.1 Å². The number of aromatic amines is 1. The van der Waals surface area contributed by atoms with E-state index >= 15 is 0 Å². The first-order chi connectivity index (χ1) is 9.36. The molecule has 2 heterocycles. The molecule has 1 aliphatic heterocycles. The van der Waals surface area contributed by atoms with Crippen LogP contribution in [0.25, 0.3) is 15.7 Å². The lowest BCUT2D eigenvalue weighted by molar-refractivity contribution is 0.279. The summed E-state index contributed by atoms with van der Waals surface area (Å²) in [5, 5.41) is 5.11. The lowest BCUT2D eigenvalue weighted by atomic mass is 9.73. The van der Waals surface area contributed by atoms with E-state index in [9.17, 15) is 0 Å². The fourth-order valence-corrected chi connectivity index (χ4v) is 3.89. The number of hydrogen-bond donors (Lipinski definition) is 2. The van der Waals surface area contributed by atoms with Crippen LogP contribution in [0.1, 0.15) is 23.5 Å². The van der Waals surface area contributed by atoms with Crippen molar-refractivity contribution in [3.63, 3.8) is 0 Å². The van der Waals surface area contributed by atoms with Crippen molar-refractivity contribution in [3.05, 3.63) is 46.9 Å². The third-order valence-corrected chi connectivity index (χ3v) is 4.75. The Morgan fingerprint density at radius 1 is 1.37 bits per heavy atom. The average molecular weight is 251 g/mol. The van der Waals surface area contributed by atoms with Crippen molar-refractivity contribution in [1.82, 2.24) is 10.3 Å². The van der Waals surface area contributed by atoms with E-state index in [4.69, 9.17) is 6.57 Å². The summed E-state index contributed by atoms with van der Waals surface area (Å²) in [5.74, 6) is 1.09. The number of aromatic nitrogens is 1. The highest BCUT2D eigenvalue weighted by molar-refractivity contribution is 5.88. The van der Waals surface area contributed by atoms with Gasteiger partial charge in [0.15, 0.2) is 0 Å². The molecule has 0 spiro atoms. The van der Waals surface area contributed by atoms with Crippen LogP contribution >= 0.6 is 0 Å². The maximum absolute atomic E-state index is 7.07. The number of rotatable bonds is 1. The van der Waals surface area contributed by atoms with Crippen LogP contribution in [0.2, 0.25) is 0 Å². The molecule has 3 nitrogen and oxygen atoms in total. The summed E-state index contributed by atoms with van der Waals surface area (Å²) >= 11 is 0. The molecule has 4 rings (SSSR count). The minimum atomic E-state index is 0.509. The zero-order valence-corrected chi connectivity index (χ0v) is 10.8. The molecule has 2 aliphatic rings. The van der Waals surface area contributed by atoms with Gasteiger partial charge in [-0.05, 0) is 30.0 Å². The Balaban J connectivity index is 1.79. The van der Waals surface area contributed by atoms with Crippen molar-refractivity contribution in [3.8, 4) is 0 Å². The largest absolute Gasteiger partial charge is 0.361 e. The summed E-state index contributed by atoms with van der Waals surface area (Å²) < 4.78 is 0. The van der Waals surface area contributed by atoms with E-state index in [1.54, 1.807) is 0 Å². The molecule has 1 aromatic carbocycles. The first-order valence-electron chi connectivity index (χ1n) is 7.02. The molecule has 2 N–H and O–H groups in total. The number of benzene rings is 1. The van der Waals surface area contributed by atoms with Gasteiger partial charge in [0.2, 0.25) is 6.54 Å². The monoisotopic (exact) mass is 251 g/mol. The van der Waals surface area contributed by atoms with Crippen LogP contribution in [0.3, 0.4) is 0 Å². The Morgan fingerprint density at radius 3 is 3.21 bits per heavy atom. The number of H-pyrrole nitrogens is 1. The lowest BCUT2D eigenvalue weighted by Crippen LogP contribution is -2.47. The summed E-state index contributed by atoms with van der Waals surface area (Å²) in [6.07, 6.45) is 4.44. The summed E-state index contributed by atoms with van der Waals surface area (Å²) in [6, 6.07) is 7.14. The van der Waals surface area contributed by atoms with Gasteiger partial charge in [0.05, 0.1) is 0 Å². The van der Waals surface area contributed by atoms with Gasteiger partial charge in [-0.1, -0.05) is 12.1 Å². The number of fused-ring (bicyclic) bond motifs is 2. The van der Waals surface area contributed by atoms with Crippen LogP contribution in [0.4, 0.5) is 0 Å². The quantitative estimate of drug-likeness (QED) is 0.750. The molecule has 2 aromatic rings. The van der Waals surface area contributed by atoms with Gasteiger partial charge in [-0.15, -0.1) is 0 Å². The molecule has 3 heteroatoms. The summed E-state index contributed by atoms with van der Waals surface area (Å²) in [7, 11) is 0. The average Bonchev–Trinajstić information content (AvgIpc) is 2.85. The second-order valence-corrected chi connectivity index (χ2v) is 5.85. The molecule has 19 heavy (non-hydrogen) atoms. The molecule has 3 atom stereocenters. The molecular weight excluding hydrogens is 234 g/mol. The highest BCUT2D eigenvalue weighted by Crippen LogP contribution is 2.41. The standard InChI is InChI=1S/C16H17N3/c1-17-7-10-5-13-12-3-2-4-14-16(12)11(9-19-14)6-15(13)18-8-10/h2-4,9-10,13,15,18-19H,5-8H2/t10?,13?,15-/m1/s1. The van der Waals surface area contributed by atoms with Crippen molar-refractivity contribution in [2.45, 2.75) is 24.8 Å². The molecule has 1 fully saturated rings. The predicted molar refractivity (Wildman–Crippen MR) is 76.1 cm³/mol. The molecule has 0 saturated carbocycles. The number of nitrogens with zero attached hydrogens (tertiary/aromatic N) is 1. The van der Waals surface area contributed by atoms with Crippen molar-refractivity contribution in [2.75, 3.05) is 13.1 Å². The number of piperidine rings is 1. The highest BCUT2D eigenvalue weighted by Gasteiger charge is 2.36. The number of hydrogen-bond acceptors (Lipinski definition) is 1. The SMILES string of the molecule is [C-]#[N+]CC1CN[C@@H]2Cc3c[nH]c4cccc(c34)C2C1. The highest BCUT2D eigenvalue weighted by atomic mass is 15.0. The van der Waals surface area contributed by atoms with Crippen LogP contribution in [-0.2, 0) is 6.42 Å². The van der Waals surface area contributed by atoms with E-state index in [-0.39, 0.29) is 0 Å². The lowest BCUT2D eigenvalue weighted by Gasteiger charge is -2.39. The van der Waals surface area contributed by atoms with Crippen molar-refractivity contribution >= 4 is 10.9 Å². The Morgan fingerprint density at radius 2 is 2.32 bits per heavy atom. The molecule has 0 amide bonds. The van der Waals surface area contributed by atoms with Gasteiger partial charge in [0, 0.05) is 41.5 Å². The number of nitrogens with one attached hydrogen (secondary N) is 2. The first-order valence-corrected chi connectivity index (χ1v) is 7.02. The van der Waals surface area contributed by atoms with Crippen LogP contribution < -0.4 is 5.32 Å². The topological polar surface area (TPSA) is 32.2 Å². The minimum absolute atomic E-state index is 0.509. The Hall–Kier alpha value is -1.79. The van der Waals surface area contributed by atoms with Gasteiger partial charge in [-0.2, -0.15) is 0 Å². The van der Waals surface area contributed by atoms with E-state index in [2.05, 4.69) is 39.5 Å². The fourth-order valence-electron chi connectivity index (χ4n) is 3.89. The van der Waals surface area contributed by atoms with Crippen LogP contribution in [-0.4, -0.2) is 24.1 Å². The smallest absolute Gasteiger partial charge is 0.218 e. The Kier molecular flexibility index (Phi) is 2.39. The van der Waals surface area contributed by atoms with Crippen LogP contribution in [0.5, 0.6) is 0 Å². The zero-order valence-electron chi connectivity index (χ0n) is 10.8. The Labute approximate surface area is 112 Å². The molecule has 0 radical (unpaired) electrons. The maximum Gasteiger partial charge on any atom is 0.218 e. The van der Waals surface area contributed by atoms with Gasteiger partial charge in [-0.25, -0.2) is 6.57 Å². The van der Waals surface area contributed by atoms with Gasteiger partial charge in [0.25, 0.3) is 0 Å². The van der Waals surface area contributed by atoms with Crippen molar-refractivity contribution < 1.29 is 0 Å². The van der Waals surface area contributed by atoms with Crippen LogP contribution in [0, 0.1) is 12.5 Å². The molecule has 1 aromatic heterocycles. The van der Waals surface area contributed by atoms with E-state index in [1.807, 2.05) is 0 Å². The molecule has 0 bridgehead atoms.